The zero-order chi connectivity index (χ0) is 26.8. The Morgan fingerprint density at radius 2 is 1.51 bits per heavy atom. The van der Waals surface area contributed by atoms with Crippen molar-refractivity contribution in [1.82, 2.24) is 0 Å². The van der Waals surface area contributed by atoms with E-state index in [1.807, 2.05) is 12.1 Å². The zero-order valence-electron chi connectivity index (χ0n) is 21.0. The number of aromatic hydroxyl groups is 1. The Hall–Kier alpha value is -4.04. The van der Waals surface area contributed by atoms with E-state index in [9.17, 15) is 18.3 Å². The van der Waals surface area contributed by atoms with Gasteiger partial charge in [-0.05, 0) is 92.4 Å². The lowest BCUT2D eigenvalue weighted by Crippen LogP contribution is -2.27. The Labute approximate surface area is 216 Å². The van der Waals surface area contributed by atoms with Crippen molar-refractivity contribution < 1.29 is 32.5 Å². The quantitative estimate of drug-likeness (QED) is 0.293. The van der Waals surface area contributed by atoms with Gasteiger partial charge in [-0.25, -0.2) is 13.2 Å². The molecule has 0 saturated heterocycles. The van der Waals surface area contributed by atoms with Crippen LogP contribution in [-0.2, 0) is 19.4 Å². The van der Waals surface area contributed by atoms with Crippen molar-refractivity contribution in [2.75, 3.05) is 12.9 Å². The predicted octanol–water partition coefficient (Wildman–Crippen LogP) is 6.13. The van der Waals surface area contributed by atoms with Gasteiger partial charge in [-0.1, -0.05) is 18.2 Å². The molecule has 0 aliphatic carbocycles. The fourth-order valence-electron chi connectivity index (χ4n) is 3.74. The lowest BCUT2D eigenvalue weighted by atomic mass is 9.99. The molecule has 1 N–H and O–H groups in total. The van der Waals surface area contributed by atoms with Crippen LogP contribution in [0.25, 0.3) is 21.9 Å². The second-order valence-electron chi connectivity index (χ2n) is 9.59. The van der Waals surface area contributed by atoms with Gasteiger partial charge in [-0.15, -0.1) is 0 Å². The Morgan fingerprint density at radius 1 is 0.865 bits per heavy atom. The lowest BCUT2D eigenvalue weighted by molar-refractivity contribution is -0.157. The Balaban J connectivity index is 1.63. The summed E-state index contributed by atoms with van der Waals surface area (Å²) in [5.74, 6) is 1.23. The van der Waals surface area contributed by atoms with Crippen molar-refractivity contribution in [2.24, 2.45) is 0 Å². The van der Waals surface area contributed by atoms with Crippen molar-refractivity contribution in [3.05, 3.63) is 78.9 Å². The van der Waals surface area contributed by atoms with Crippen LogP contribution in [0.2, 0.25) is 0 Å². The van der Waals surface area contributed by atoms with Crippen molar-refractivity contribution >= 4 is 26.6 Å². The summed E-state index contributed by atoms with van der Waals surface area (Å²) in [6, 6.07) is 22.2. The SMILES string of the molecule is CC(C)(C)OC(=O)COc1ccc(Oc2c(-c3ccc(S(C)(=O)=O)cc3)ccc3cc(O)ccc23)cc1. The van der Waals surface area contributed by atoms with Crippen molar-refractivity contribution in [3.8, 4) is 34.1 Å². The summed E-state index contributed by atoms with van der Waals surface area (Å²) in [7, 11) is -3.32. The number of phenols is 1. The molecule has 0 unspecified atom stereocenters. The van der Waals surface area contributed by atoms with Crippen LogP contribution in [0.5, 0.6) is 23.0 Å². The lowest BCUT2D eigenvalue weighted by Gasteiger charge is -2.19. The number of benzene rings is 4. The minimum absolute atomic E-state index is 0.134. The molecule has 0 radical (unpaired) electrons. The first-order valence-electron chi connectivity index (χ1n) is 11.6. The molecule has 0 atom stereocenters. The Bertz CT molecular complexity index is 1530. The van der Waals surface area contributed by atoms with Crippen molar-refractivity contribution in [1.29, 1.82) is 0 Å². The third kappa shape index (κ3) is 6.59. The second kappa shape index (κ2) is 10.1. The van der Waals surface area contributed by atoms with Crippen LogP contribution in [0.1, 0.15) is 20.8 Å². The summed E-state index contributed by atoms with van der Waals surface area (Å²) in [6.45, 7) is 5.16. The third-order valence-electron chi connectivity index (χ3n) is 5.37. The topological polar surface area (TPSA) is 99.1 Å². The first kappa shape index (κ1) is 26.0. The minimum atomic E-state index is -3.32. The number of fused-ring (bicyclic) bond motifs is 1. The van der Waals surface area contributed by atoms with Gasteiger partial charge in [-0.3, -0.25) is 0 Å². The molecule has 4 aromatic carbocycles. The molecule has 4 rings (SSSR count). The number of carbonyl (C=O) groups excluding carboxylic acids is 1. The molecule has 4 aromatic rings. The monoisotopic (exact) mass is 520 g/mol. The average Bonchev–Trinajstić information content (AvgIpc) is 2.82. The molecule has 0 aliphatic heterocycles. The fraction of sp³-hybridized carbons (Fsp3) is 0.207. The molecule has 7 nitrogen and oxygen atoms in total. The van der Waals surface area contributed by atoms with Gasteiger partial charge < -0.3 is 19.3 Å². The number of carbonyl (C=O) groups is 1. The molecule has 0 saturated carbocycles. The predicted molar refractivity (Wildman–Crippen MR) is 142 cm³/mol. The molecule has 0 spiro atoms. The molecule has 37 heavy (non-hydrogen) atoms. The van der Waals surface area contributed by atoms with Crippen molar-refractivity contribution in [2.45, 2.75) is 31.3 Å². The van der Waals surface area contributed by atoms with Crippen molar-refractivity contribution in [3.63, 3.8) is 0 Å². The summed E-state index contributed by atoms with van der Waals surface area (Å²) in [4.78, 5) is 12.1. The highest BCUT2D eigenvalue weighted by atomic mass is 32.2. The number of hydrogen-bond acceptors (Lipinski definition) is 7. The standard InChI is InChI=1S/C29H28O7S/c1-29(2,3)36-27(31)18-34-22-9-11-23(12-10-22)35-28-25(15-7-20-17-21(30)8-16-26(20)28)19-5-13-24(14-6-19)37(4,32)33/h5-17,30H,18H2,1-4H3. The summed E-state index contributed by atoms with van der Waals surface area (Å²) < 4.78 is 40.9. The maximum Gasteiger partial charge on any atom is 0.344 e. The normalized spacial score (nSPS) is 11.8. The Kier molecular flexibility index (Phi) is 7.14. The zero-order valence-corrected chi connectivity index (χ0v) is 21.8. The Morgan fingerprint density at radius 3 is 2.14 bits per heavy atom. The van der Waals surface area contributed by atoms with Crippen LogP contribution in [0.15, 0.2) is 83.8 Å². The van der Waals surface area contributed by atoms with Crippen LogP contribution in [0.4, 0.5) is 0 Å². The van der Waals surface area contributed by atoms with E-state index in [4.69, 9.17) is 14.2 Å². The average molecular weight is 521 g/mol. The van der Waals surface area contributed by atoms with E-state index in [-0.39, 0.29) is 17.3 Å². The maximum atomic E-state index is 11.9. The first-order valence-corrected chi connectivity index (χ1v) is 13.5. The fourth-order valence-corrected chi connectivity index (χ4v) is 4.37. The number of sulfone groups is 1. The highest BCUT2D eigenvalue weighted by molar-refractivity contribution is 7.90. The summed E-state index contributed by atoms with van der Waals surface area (Å²) in [5.41, 5.74) is 0.939. The van der Waals surface area contributed by atoms with E-state index in [1.54, 1.807) is 87.5 Å². The number of phenolic OH excluding ortho intramolecular Hbond substituents is 1. The molecule has 192 valence electrons. The summed E-state index contributed by atoms with van der Waals surface area (Å²) >= 11 is 0. The van der Waals surface area contributed by atoms with E-state index < -0.39 is 21.4 Å². The molecule has 0 heterocycles. The van der Waals surface area contributed by atoms with Gasteiger partial charge in [0.05, 0.1) is 4.90 Å². The van der Waals surface area contributed by atoms with Crippen LogP contribution in [0.3, 0.4) is 0 Å². The van der Waals surface area contributed by atoms with Crippen LogP contribution >= 0.6 is 0 Å². The van der Waals surface area contributed by atoms with E-state index in [2.05, 4.69) is 0 Å². The number of ether oxygens (including phenoxy) is 3. The van der Waals surface area contributed by atoms with E-state index in [1.165, 1.54) is 6.26 Å². The molecule has 0 bridgehead atoms. The smallest absolute Gasteiger partial charge is 0.344 e. The van der Waals surface area contributed by atoms with Gasteiger partial charge in [-0.2, -0.15) is 0 Å². The second-order valence-corrected chi connectivity index (χ2v) is 11.6. The van der Waals surface area contributed by atoms with E-state index in [0.717, 1.165) is 21.9 Å². The largest absolute Gasteiger partial charge is 0.508 e. The summed E-state index contributed by atoms with van der Waals surface area (Å²) in [6.07, 6.45) is 1.17. The maximum absolute atomic E-state index is 11.9. The molecular formula is C29H28O7S. The van der Waals surface area contributed by atoms with E-state index >= 15 is 0 Å². The number of hydrogen-bond donors (Lipinski definition) is 1. The van der Waals surface area contributed by atoms with Crippen LogP contribution in [0, 0.1) is 0 Å². The van der Waals surface area contributed by atoms with Gasteiger partial charge >= 0.3 is 5.97 Å². The van der Waals surface area contributed by atoms with Gasteiger partial charge in [0.2, 0.25) is 0 Å². The van der Waals surface area contributed by atoms with Gasteiger partial charge in [0.15, 0.2) is 16.4 Å². The first-order chi connectivity index (χ1) is 17.4. The van der Waals surface area contributed by atoms with Gasteiger partial charge in [0.25, 0.3) is 0 Å². The number of esters is 1. The molecular weight excluding hydrogens is 492 g/mol. The highest BCUT2D eigenvalue weighted by Crippen LogP contribution is 2.41. The van der Waals surface area contributed by atoms with E-state index in [0.29, 0.717) is 17.2 Å². The molecule has 0 amide bonds. The van der Waals surface area contributed by atoms with Gasteiger partial charge in [0.1, 0.15) is 28.6 Å². The third-order valence-corrected chi connectivity index (χ3v) is 6.50. The summed E-state index contributed by atoms with van der Waals surface area (Å²) in [5, 5.41) is 11.5. The molecule has 8 heteroatoms. The molecule has 0 fully saturated rings. The minimum Gasteiger partial charge on any atom is -0.508 e. The number of rotatable bonds is 7. The van der Waals surface area contributed by atoms with Crippen LogP contribution in [-0.4, -0.2) is 38.0 Å². The molecule has 0 aliphatic rings. The molecule has 0 aromatic heterocycles. The van der Waals surface area contributed by atoms with Gasteiger partial charge in [0, 0.05) is 17.2 Å². The highest BCUT2D eigenvalue weighted by Gasteiger charge is 2.17. The van der Waals surface area contributed by atoms with Crippen LogP contribution < -0.4 is 9.47 Å².